The molecule has 4 rings (SSSR count). The highest BCUT2D eigenvalue weighted by atomic mass is 16.5. The summed E-state index contributed by atoms with van der Waals surface area (Å²) in [6.45, 7) is 5.82. The Bertz CT molecular complexity index is 1330. The number of benzene rings is 3. The van der Waals surface area contributed by atoms with E-state index in [1.807, 2.05) is 67.6 Å². The summed E-state index contributed by atoms with van der Waals surface area (Å²) >= 11 is 0. The zero-order valence-electron chi connectivity index (χ0n) is 19.1. The Morgan fingerprint density at radius 2 is 1.64 bits per heavy atom. The molecule has 5 heteroatoms. The van der Waals surface area contributed by atoms with Crippen LogP contribution in [0.25, 0.3) is 22.1 Å². The summed E-state index contributed by atoms with van der Waals surface area (Å²) in [4.78, 5) is 24.9. The molecule has 3 aromatic carbocycles. The normalized spacial score (nSPS) is 10.9. The van der Waals surface area contributed by atoms with Crippen molar-refractivity contribution < 1.29 is 13.9 Å². The topological polar surface area (TPSA) is 68.5 Å². The van der Waals surface area contributed by atoms with Crippen LogP contribution in [0.1, 0.15) is 30.5 Å². The number of rotatable bonds is 7. The summed E-state index contributed by atoms with van der Waals surface area (Å²) in [6.07, 6.45) is 1.66. The zero-order chi connectivity index (χ0) is 23.4. The fraction of sp³-hybridized carbons (Fsp3) is 0.214. The molecule has 0 bridgehead atoms. The van der Waals surface area contributed by atoms with E-state index in [4.69, 9.17) is 9.15 Å². The minimum atomic E-state index is -0.428. The average Bonchev–Trinajstić information content (AvgIpc) is 2.84. The van der Waals surface area contributed by atoms with Crippen molar-refractivity contribution in [3.8, 4) is 16.9 Å². The molecule has 0 aliphatic heterocycles. The first-order valence-corrected chi connectivity index (χ1v) is 11.2. The summed E-state index contributed by atoms with van der Waals surface area (Å²) in [5, 5.41) is 3.83. The summed E-state index contributed by atoms with van der Waals surface area (Å²) < 4.78 is 11.4. The van der Waals surface area contributed by atoms with Crippen molar-refractivity contribution in [2.45, 2.75) is 33.6 Å². The molecule has 0 atom stereocenters. The molecular formula is C28H27NO4. The van der Waals surface area contributed by atoms with E-state index in [1.54, 1.807) is 0 Å². The lowest BCUT2D eigenvalue weighted by Crippen LogP contribution is -2.22. The molecule has 4 aromatic rings. The number of carbonyl (C=O) groups is 1. The van der Waals surface area contributed by atoms with Crippen molar-refractivity contribution in [1.29, 1.82) is 0 Å². The number of anilines is 1. The van der Waals surface area contributed by atoms with Gasteiger partial charge in [-0.3, -0.25) is 4.79 Å². The first-order valence-electron chi connectivity index (χ1n) is 11.2. The van der Waals surface area contributed by atoms with Crippen LogP contribution in [0, 0.1) is 6.92 Å². The van der Waals surface area contributed by atoms with E-state index in [0.29, 0.717) is 16.9 Å². The Hall–Kier alpha value is -3.86. The highest BCUT2D eigenvalue weighted by molar-refractivity contribution is 5.96. The number of hydrogen-bond donors (Lipinski definition) is 1. The molecule has 0 aliphatic rings. The summed E-state index contributed by atoms with van der Waals surface area (Å²) in [6, 6.07) is 20.9. The predicted molar refractivity (Wildman–Crippen MR) is 132 cm³/mol. The van der Waals surface area contributed by atoms with Gasteiger partial charge in [-0.2, -0.15) is 0 Å². The average molecular weight is 442 g/mol. The van der Waals surface area contributed by atoms with Gasteiger partial charge in [0, 0.05) is 22.7 Å². The number of aryl methyl sites for hydroxylation is 3. The lowest BCUT2D eigenvalue weighted by atomic mass is 10.0. The molecular weight excluding hydrogens is 414 g/mol. The molecule has 1 heterocycles. The Balaban J connectivity index is 1.59. The molecule has 1 N–H and O–H groups in total. The van der Waals surface area contributed by atoms with Gasteiger partial charge in [0.1, 0.15) is 11.3 Å². The smallest absolute Gasteiger partial charge is 0.336 e. The first kappa shape index (κ1) is 22.3. The Labute approximate surface area is 193 Å². The third kappa shape index (κ3) is 4.67. The van der Waals surface area contributed by atoms with Crippen molar-refractivity contribution >= 4 is 22.6 Å². The van der Waals surface area contributed by atoms with Crippen LogP contribution in [0.15, 0.2) is 75.9 Å². The maximum absolute atomic E-state index is 12.7. The molecule has 33 heavy (non-hydrogen) atoms. The van der Waals surface area contributed by atoms with E-state index in [-0.39, 0.29) is 12.5 Å². The predicted octanol–water partition coefficient (Wildman–Crippen LogP) is 5.91. The van der Waals surface area contributed by atoms with Gasteiger partial charge in [0.15, 0.2) is 6.61 Å². The van der Waals surface area contributed by atoms with Crippen LogP contribution >= 0.6 is 0 Å². The minimum absolute atomic E-state index is 0.143. The molecule has 0 fully saturated rings. The van der Waals surface area contributed by atoms with Crippen molar-refractivity contribution in [3.05, 3.63) is 93.8 Å². The Morgan fingerprint density at radius 1 is 0.939 bits per heavy atom. The van der Waals surface area contributed by atoms with Gasteiger partial charge in [0.2, 0.25) is 0 Å². The van der Waals surface area contributed by atoms with Crippen molar-refractivity contribution in [2.75, 3.05) is 11.9 Å². The van der Waals surface area contributed by atoms with Crippen LogP contribution in [0.5, 0.6) is 5.75 Å². The first-order chi connectivity index (χ1) is 16.0. The van der Waals surface area contributed by atoms with E-state index in [9.17, 15) is 9.59 Å². The van der Waals surface area contributed by atoms with Crippen molar-refractivity contribution in [2.24, 2.45) is 0 Å². The van der Waals surface area contributed by atoms with E-state index in [0.717, 1.165) is 46.2 Å². The fourth-order valence-corrected chi connectivity index (χ4v) is 4.08. The van der Waals surface area contributed by atoms with Crippen LogP contribution in [-0.2, 0) is 17.6 Å². The quantitative estimate of drug-likeness (QED) is 0.362. The van der Waals surface area contributed by atoms with Gasteiger partial charge >= 0.3 is 5.63 Å². The summed E-state index contributed by atoms with van der Waals surface area (Å²) in [7, 11) is 0. The van der Waals surface area contributed by atoms with Crippen LogP contribution in [-0.4, -0.2) is 12.5 Å². The molecule has 1 amide bonds. The maximum Gasteiger partial charge on any atom is 0.336 e. The standard InChI is InChI=1S/C28H27NO4/c1-4-19-12-9-13-20(5-2)27(19)29-25(30)17-32-24-15-14-22-23(21-10-7-6-8-11-21)16-26(31)33-28(22)18(24)3/h6-16H,4-5,17H2,1-3H3,(H,29,30). The SMILES string of the molecule is CCc1cccc(CC)c1NC(=O)COc1ccc2c(-c3ccccc3)cc(=O)oc2c1C. The summed E-state index contributed by atoms with van der Waals surface area (Å²) in [5.41, 5.74) is 5.51. The number of hydrogen-bond acceptors (Lipinski definition) is 4. The third-order valence-electron chi connectivity index (χ3n) is 5.82. The summed E-state index contributed by atoms with van der Waals surface area (Å²) in [5.74, 6) is 0.273. The van der Waals surface area contributed by atoms with E-state index >= 15 is 0 Å². The van der Waals surface area contributed by atoms with Gasteiger partial charge in [-0.1, -0.05) is 62.4 Å². The molecule has 0 unspecified atom stereocenters. The number of nitrogens with one attached hydrogen (secondary N) is 1. The largest absolute Gasteiger partial charge is 0.483 e. The molecule has 168 valence electrons. The highest BCUT2D eigenvalue weighted by Crippen LogP contribution is 2.33. The second-order valence-electron chi connectivity index (χ2n) is 7.91. The van der Waals surface area contributed by atoms with Gasteiger partial charge in [0.25, 0.3) is 5.91 Å². The molecule has 1 aromatic heterocycles. The third-order valence-corrected chi connectivity index (χ3v) is 5.82. The Morgan fingerprint density at radius 3 is 2.30 bits per heavy atom. The lowest BCUT2D eigenvalue weighted by molar-refractivity contribution is -0.118. The maximum atomic E-state index is 12.7. The van der Waals surface area contributed by atoms with Gasteiger partial charge in [-0.25, -0.2) is 4.79 Å². The number of carbonyl (C=O) groups excluding carboxylic acids is 1. The second-order valence-corrected chi connectivity index (χ2v) is 7.91. The van der Waals surface area contributed by atoms with E-state index in [1.165, 1.54) is 6.07 Å². The second kappa shape index (κ2) is 9.74. The van der Waals surface area contributed by atoms with Crippen LogP contribution in [0.2, 0.25) is 0 Å². The fourth-order valence-electron chi connectivity index (χ4n) is 4.08. The molecule has 0 saturated carbocycles. The van der Waals surface area contributed by atoms with Gasteiger partial charge in [0.05, 0.1) is 0 Å². The number of amides is 1. The molecule has 0 saturated heterocycles. The van der Waals surface area contributed by atoms with Gasteiger partial charge in [-0.15, -0.1) is 0 Å². The van der Waals surface area contributed by atoms with Gasteiger partial charge in [-0.05, 0) is 54.2 Å². The van der Waals surface area contributed by atoms with Crippen LogP contribution < -0.4 is 15.7 Å². The van der Waals surface area contributed by atoms with E-state index in [2.05, 4.69) is 19.2 Å². The highest BCUT2D eigenvalue weighted by Gasteiger charge is 2.15. The monoisotopic (exact) mass is 441 g/mol. The van der Waals surface area contributed by atoms with Gasteiger partial charge < -0.3 is 14.5 Å². The van der Waals surface area contributed by atoms with Crippen LogP contribution in [0.3, 0.4) is 0 Å². The molecule has 0 spiro atoms. The van der Waals surface area contributed by atoms with Crippen molar-refractivity contribution in [1.82, 2.24) is 0 Å². The lowest BCUT2D eigenvalue weighted by Gasteiger charge is -2.15. The molecule has 0 aliphatic carbocycles. The van der Waals surface area contributed by atoms with E-state index < -0.39 is 5.63 Å². The van der Waals surface area contributed by atoms with Crippen LogP contribution in [0.4, 0.5) is 5.69 Å². The number of para-hydroxylation sites is 1. The zero-order valence-corrected chi connectivity index (χ0v) is 19.1. The molecule has 5 nitrogen and oxygen atoms in total. The Kier molecular flexibility index (Phi) is 6.59. The van der Waals surface area contributed by atoms with Crippen molar-refractivity contribution in [3.63, 3.8) is 0 Å². The molecule has 0 radical (unpaired) electrons. The number of fused-ring (bicyclic) bond motifs is 1. The number of ether oxygens (including phenoxy) is 1. The minimum Gasteiger partial charge on any atom is -0.483 e.